The number of hydrazone groups is 1. The van der Waals surface area contributed by atoms with Gasteiger partial charge in [0.1, 0.15) is 10.8 Å². The molecule has 0 unspecified atom stereocenters. The van der Waals surface area contributed by atoms with Crippen LogP contribution in [0.15, 0.2) is 41.5 Å². The summed E-state index contributed by atoms with van der Waals surface area (Å²) in [6.07, 6.45) is 1.30. The highest BCUT2D eigenvalue weighted by Gasteiger charge is 2.08. The van der Waals surface area contributed by atoms with Crippen LogP contribution < -0.4 is 5.43 Å². The number of amides is 1. The second-order valence-electron chi connectivity index (χ2n) is 4.37. The topological polar surface area (TPSA) is 61.7 Å². The number of nitrogens with one attached hydrogen (secondary N) is 1. The fourth-order valence-electron chi connectivity index (χ4n) is 1.67. The van der Waals surface area contributed by atoms with Crippen LogP contribution in [-0.2, 0) is 0 Å². The lowest BCUT2D eigenvalue weighted by atomic mass is 10.1. The predicted octanol–water partition coefficient (Wildman–Crippen LogP) is 3.77. The third kappa shape index (κ3) is 3.74. The largest absolute Gasteiger partial charge is 0.506 e. The molecule has 0 spiro atoms. The van der Waals surface area contributed by atoms with Gasteiger partial charge in [-0.25, -0.2) is 5.43 Å². The van der Waals surface area contributed by atoms with Gasteiger partial charge in [-0.1, -0.05) is 40.9 Å². The first-order valence-electron chi connectivity index (χ1n) is 6.06. The Labute approximate surface area is 132 Å². The van der Waals surface area contributed by atoms with Gasteiger partial charge >= 0.3 is 0 Å². The molecule has 0 bridgehead atoms. The van der Waals surface area contributed by atoms with E-state index in [0.29, 0.717) is 11.1 Å². The Bertz CT molecular complexity index is 715. The molecular formula is C15H12Cl2N2O2. The van der Waals surface area contributed by atoms with E-state index in [1.807, 2.05) is 13.0 Å². The lowest BCUT2D eigenvalue weighted by Gasteiger charge is -2.03. The van der Waals surface area contributed by atoms with Gasteiger partial charge in [-0.2, -0.15) is 5.10 Å². The number of rotatable bonds is 3. The quantitative estimate of drug-likeness (QED) is 0.667. The molecule has 108 valence electrons. The molecule has 21 heavy (non-hydrogen) atoms. The molecule has 0 atom stereocenters. The minimum atomic E-state index is -0.338. The molecule has 2 N–H and O–H groups in total. The third-order valence-electron chi connectivity index (χ3n) is 2.75. The van der Waals surface area contributed by atoms with E-state index in [2.05, 4.69) is 10.5 Å². The molecule has 4 nitrogen and oxygen atoms in total. The van der Waals surface area contributed by atoms with Gasteiger partial charge in [-0.3, -0.25) is 4.79 Å². The second kappa shape index (κ2) is 6.61. The highest BCUT2D eigenvalue weighted by Crippen LogP contribution is 2.33. The molecular weight excluding hydrogens is 311 g/mol. The number of hydrogen-bond donors (Lipinski definition) is 2. The lowest BCUT2D eigenvalue weighted by Crippen LogP contribution is -2.17. The van der Waals surface area contributed by atoms with E-state index in [1.165, 1.54) is 12.3 Å². The van der Waals surface area contributed by atoms with Crippen LogP contribution in [-0.4, -0.2) is 17.2 Å². The van der Waals surface area contributed by atoms with Crippen LogP contribution in [0, 0.1) is 6.92 Å². The van der Waals surface area contributed by atoms with Crippen LogP contribution in [0.3, 0.4) is 0 Å². The van der Waals surface area contributed by atoms with E-state index in [4.69, 9.17) is 23.2 Å². The smallest absolute Gasteiger partial charge is 0.271 e. The summed E-state index contributed by atoms with van der Waals surface area (Å²) in [6.45, 7) is 1.90. The number of nitrogens with zero attached hydrogens (tertiary/aromatic N) is 1. The zero-order valence-corrected chi connectivity index (χ0v) is 12.6. The van der Waals surface area contributed by atoms with Crippen LogP contribution in [0.1, 0.15) is 21.5 Å². The van der Waals surface area contributed by atoms with Crippen molar-refractivity contribution in [1.29, 1.82) is 0 Å². The minimum Gasteiger partial charge on any atom is -0.506 e. The summed E-state index contributed by atoms with van der Waals surface area (Å²) < 4.78 is 0. The number of benzene rings is 2. The molecule has 0 aliphatic heterocycles. The molecule has 0 aliphatic carbocycles. The van der Waals surface area contributed by atoms with Crippen molar-refractivity contribution in [3.63, 3.8) is 0 Å². The highest BCUT2D eigenvalue weighted by atomic mass is 35.5. The molecule has 0 fully saturated rings. The number of carbonyl (C=O) groups is 1. The van der Waals surface area contributed by atoms with Gasteiger partial charge in [0, 0.05) is 11.1 Å². The average molecular weight is 323 g/mol. The van der Waals surface area contributed by atoms with Crippen molar-refractivity contribution < 1.29 is 9.90 Å². The van der Waals surface area contributed by atoms with Crippen LogP contribution in [0.25, 0.3) is 0 Å². The number of carbonyl (C=O) groups excluding carboxylic acids is 1. The number of phenols is 1. The maximum atomic E-state index is 11.9. The Morgan fingerprint density at radius 1 is 1.29 bits per heavy atom. The fraction of sp³-hybridized carbons (Fsp3) is 0.0667. The summed E-state index contributed by atoms with van der Waals surface area (Å²) in [5.74, 6) is -0.521. The normalized spacial score (nSPS) is 10.8. The van der Waals surface area contributed by atoms with E-state index < -0.39 is 0 Å². The summed E-state index contributed by atoms with van der Waals surface area (Å²) in [5, 5.41) is 13.9. The Hall–Kier alpha value is -2.04. The van der Waals surface area contributed by atoms with Crippen LogP contribution in [0.4, 0.5) is 0 Å². The van der Waals surface area contributed by atoms with Gasteiger partial charge in [0.25, 0.3) is 5.91 Å². The number of hydrogen-bond acceptors (Lipinski definition) is 3. The third-order valence-corrected chi connectivity index (χ3v) is 3.54. The zero-order chi connectivity index (χ0) is 15.4. The number of halogens is 2. The minimum absolute atomic E-state index is 0.0469. The molecule has 6 heteroatoms. The lowest BCUT2D eigenvalue weighted by molar-refractivity contribution is 0.0955. The molecule has 2 aromatic rings. The van der Waals surface area contributed by atoms with E-state index in [-0.39, 0.29) is 21.7 Å². The van der Waals surface area contributed by atoms with Crippen molar-refractivity contribution in [1.82, 2.24) is 5.43 Å². The molecule has 2 aromatic carbocycles. The number of aromatic hydroxyl groups is 1. The summed E-state index contributed by atoms with van der Waals surface area (Å²) >= 11 is 11.6. The van der Waals surface area contributed by atoms with E-state index in [0.717, 1.165) is 5.56 Å². The Kier molecular flexibility index (Phi) is 4.83. The fourth-order valence-corrected chi connectivity index (χ4v) is 1.99. The van der Waals surface area contributed by atoms with Gasteiger partial charge in [-0.15, -0.1) is 0 Å². The summed E-state index contributed by atoms with van der Waals surface area (Å²) in [6, 6.07) is 10.2. The average Bonchev–Trinajstić information content (AvgIpc) is 2.47. The second-order valence-corrected chi connectivity index (χ2v) is 5.15. The number of phenolic OH excluding ortho intramolecular Hbond substituents is 1. The van der Waals surface area contributed by atoms with Gasteiger partial charge in [0.2, 0.25) is 0 Å². The standard InChI is InChI=1S/C15H12Cl2N2O2/c1-9-3-2-4-10(7-9)15(21)19-18-8-11-5-6-12(16)13(17)14(11)20/h2-8,20H,1H3,(H,19,21). The van der Waals surface area contributed by atoms with Crippen LogP contribution >= 0.6 is 23.2 Å². The van der Waals surface area contributed by atoms with Crippen molar-refractivity contribution in [3.05, 3.63) is 63.1 Å². The molecule has 0 aliphatic rings. The summed E-state index contributed by atoms with van der Waals surface area (Å²) in [5.41, 5.74) is 4.22. The maximum absolute atomic E-state index is 11.9. The molecule has 0 saturated carbocycles. The Balaban J connectivity index is 2.09. The van der Waals surface area contributed by atoms with Gasteiger partial charge < -0.3 is 5.11 Å². The van der Waals surface area contributed by atoms with E-state index >= 15 is 0 Å². The van der Waals surface area contributed by atoms with Crippen molar-refractivity contribution >= 4 is 35.3 Å². The molecule has 0 saturated heterocycles. The SMILES string of the molecule is Cc1cccc(C(=O)NN=Cc2ccc(Cl)c(Cl)c2O)c1. The van der Waals surface area contributed by atoms with Gasteiger partial charge in [0.05, 0.1) is 11.2 Å². The first-order valence-corrected chi connectivity index (χ1v) is 6.81. The molecule has 0 aromatic heterocycles. The first kappa shape index (κ1) is 15.4. The maximum Gasteiger partial charge on any atom is 0.271 e. The van der Waals surface area contributed by atoms with E-state index in [9.17, 15) is 9.90 Å². The predicted molar refractivity (Wildman–Crippen MR) is 84.4 cm³/mol. The van der Waals surface area contributed by atoms with Crippen molar-refractivity contribution in [3.8, 4) is 5.75 Å². The first-order chi connectivity index (χ1) is 9.99. The summed E-state index contributed by atoms with van der Waals surface area (Å²) in [4.78, 5) is 11.9. The zero-order valence-electron chi connectivity index (χ0n) is 11.1. The summed E-state index contributed by atoms with van der Waals surface area (Å²) in [7, 11) is 0. The van der Waals surface area contributed by atoms with Crippen LogP contribution in [0.2, 0.25) is 10.0 Å². The Morgan fingerprint density at radius 3 is 2.76 bits per heavy atom. The van der Waals surface area contributed by atoms with E-state index in [1.54, 1.807) is 24.3 Å². The van der Waals surface area contributed by atoms with Crippen molar-refractivity contribution in [2.45, 2.75) is 6.92 Å². The molecule has 0 heterocycles. The van der Waals surface area contributed by atoms with Gasteiger partial charge in [0.15, 0.2) is 0 Å². The van der Waals surface area contributed by atoms with Gasteiger partial charge in [-0.05, 0) is 31.2 Å². The van der Waals surface area contributed by atoms with Crippen molar-refractivity contribution in [2.24, 2.45) is 5.10 Å². The Morgan fingerprint density at radius 2 is 2.05 bits per heavy atom. The molecule has 1 amide bonds. The highest BCUT2D eigenvalue weighted by molar-refractivity contribution is 6.43. The molecule has 0 radical (unpaired) electrons. The number of aryl methyl sites for hydroxylation is 1. The van der Waals surface area contributed by atoms with Crippen molar-refractivity contribution in [2.75, 3.05) is 0 Å². The van der Waals surface area contributed by atoms with Crippen LogP contribution in [0.5, 0.6) is 5.75 Å². The monoisotopic (exact) mass is 322 g/mol. The molecule has 2 rings (SSSR count).